The monoisotopic (exact) mass is 433 g/mol. The van der Waals surface area contributed by atoms with Gasteiger partial charge in [0.05, 0.1) is 19.6 Å². The number of Topliss-reactive ketones (excluding diaryl/α,β-unsaturated/α-hetero) is 1. The van der Waals surface area contributed by atoms with Crippen LogP contribution >= 0.6 is 0 Å². The summed E-state index contributed by atoms with van der Waals surface area (Å²) in [6.45, 7) is 0.777. The van der Waals surface area contributed by atoms with Gasteiger partial charge < -0.3 is 18.9 Å². The number of hydrogen-bond donors (Lipinski definition) is 0. The third-order valence-corrected chi connectivity index (χ3v) is 4.83. The first-order valence-electron chi connectivity index (χ1n) is 9.41. The number of ketones is 1. The lowest BCUT2D eigenvalue weighted by molar-refractivity contribution is -0.484. The van der Waals surface area contributed by atoms with E-state index in [4.69, 9.17) is 18.9 Å². The summed E-state index contributed by atoms with van der Waals surface area (Å²) in [5.41, 5.74) is 0.187. The molecule has 10 heteroatoms. The largest absolute Gasteiger partial charge is 0.494 e. The van der Waals surface area contributed by atoms with E-state index in [9.17, 15) is 24.1 Å². The van der Waals surface area contributed by atoms with Crippen molar-refractivity contribution in [2.75, 3.05) is 27.1 Å². The van der Waals surface area contributed by atoms with Crippen LogP contribution in [0.5, 0.6) is 17.2 Å². The number of carbonyl (C=O) groups excluding carboxylic acids is 2. The molecule has 2 aromatic carbocycles. The molecule has 9 nitrogen and oxygen atoms in total. The van der Waals surface area contributed by atoms with Gasteiger partial charge in [0.1, 0.15) is 5.92 Å². The maximum Gasteiger partial charge on any atom is 0.317 e. The molecule has 2 atom stereocenters. The lowest BCUT2D eigenvalue weighted by Gasteiger charge is -2.22. The molecule has 1 heterocycles. The Balaban J connectivity index is 2.06. The molecule has 0 aromatic heterocycles. The third kappa shape index (κ3) is 4.73. The summed E-state index contributed by atoms with van der Waals surface area (Å²) in [4.78, 5) is 36.8. The van der Waals surface area contributed by atoms with Gasteiger partial charge in [-0.15, -0.1) is 0 Å². The number of benzene rings is 2. The Morgan fingerprint density at radius 2 is 1.94 bits per heavy atom. The molecule has 0 saturated carbocycles. The first-order valence-corrected chi connectivity index (χ1v) is 9.41. The van der Waals surface area contributed by atoms with Gasteiger partial charge in [0.15, 0.2) is 28.8 Å². The molecule has 0 N–H and O–H groups in total. The van der Waals surface area contributed by atoms with Gasteiger partial charge >= 0.3 is 5.97 Å². The summed E-state index contributed by atoms with van der Waals surface area (Å²) in [5, 5.41) is 11.4. The normalized spacial score (nSPS) is 13.9. The number of nitro groups is 1. The number of halogens is 1. The fraction of sp³-hybridized carbons (Fsp3) is 0.333. The van der Waals surface area contributed by atoms with Gasteiger partial charge in [-0.25, -0.2) is 4.39 Å². The van der Waals surface area contributed by atoms with E-state index < -0.39 is 40.9 Å². The number of ether oxygens (including phenoxy) is 4. The van der Waals surface area contributed by atoms with Crippen LogP contribution in [0.3, 0.4) is 0 Å². The van der Waals surface area contributed by atoms with Crippen molar-refractivity contribution in [1.82, 2.24) is 0 Å². The zero-order valence-electron chi connectivity index (χ0n) is 16.8. The van der Waals surface area contributed by atoms with Crippen molar-refractivity contribution in [2.45, 2.75) is 12.8 Å². The standard InChI is InChI=1S/C21H20FNO8/c1-3-29-21(25)19(20(24)13-5-6-16(28-2)15(22)8-13)14(10-23(26)27)12-4-7-17-18(9-12)31-11-30-17/h4-9,14,19H,3,10-11H2,1-2H3. The van der Waals surface area contributed by atoms with Crippen molar-refractivity contribution in [2.24, 2.45) is 5.92 Å². The molecule has 0 aliphatic carbocycles. The maximum absolute atomic E-state index is 14.2. The van der Waals surface area contributed by atoms with Gasteiger partial charge in [0.25, 0.3) is 0 Å². The summed E-state index contributed by atoms with van der Waals surface area (Å²) >= 11 is 0. The lowest BCUT2D eigenvalue weighted by atomic mass is 9.81. The molecular weight excluding hydrogens is 413 g/mol. The van der Waals surface area contributed by atoms with Crippen LogP contribution in [0.1, 0.15) is 28.8 Å². The van der Waals surface area contributed by atoms with Crippen LogP contribution in [0.4, 0.5) is 4.39 Å². The maximum atomic E-state index is 14.2. The highest BCUT2D eigenvalue weighted by Crippen LogP contribution is 2.38. The molecule has 2 aromatic rings. The molecule has 0 fully saturated rings. The molecule has 0 radical (unpaired) electrons. The molecule has 0 bridgehead atoms. The Labute approximate surface area is 176 Å². The number of rotatable bonds is 9. The molecular formula is C21H20FNO8. The Morgan fingerprint density at radius 3 is 2.58 bits per heavy atom. The SMILES string of the molecule is CCOC(=O)C(C(=O)c1ccc(OC)c(F)c1)C(C[N+](=O)[O-])c1ccc2c(c1)OCO2. The number of esters is 1. The number of carbonyl (C=O) groups is 2. The van der Waals surface area contributed by atoms with Crippen molar-refractivity contribution >= 4 is 11.8 Å². The summed E-state index contributed by atoms with van der Waals surface area (Å²) in [5.74, 6) is -4.58. The van der Waals surface area contributed by atoms with Crippen molar-refractivity contribution in [3.8, 4) is 17.2 Å². The van der Waals surface area contributed by atoms with Gasteiger partial charge in [-0.2, -0.15) is 0 Å². The Hall–Kier alpha value is -3.69. The number of fused-ring (bicyclic) bond motifs is 1. The number of nitrogens with zero attached hydrogens (tertiary/aromatic N) is 1. The minimum Gasteiger partial charge on any atom is -0.494 e. The molecule has 3 rings (SSSR count). The van der Waals surface area contributed by atoms with Crippen LogP contribution in [0.2, 0.25) is 0 Å². The Bertz CT molecular complexity index is 1010. The van der Waals surface area contributed by atoms with E-state index in [1.54, 1.807) is 13.0 Å². The average molecular weight is 433 g/mol. The van der Waals surface area contributed by atoms with E-state index in [2.05, 4.69) is 0 Å². The summed E-state index contributed by atoms with van der Waals surface area (Å²) < 4.78 is 34.6. The van der Waals surface area contributed by atoms with Gasteiger partial charge in [0, 0.05) is 10.5 Å². The predicted molar refractivity (Wildman–Crippen MR) is 105 cm³/mol. The van der Waals surface area contributed by atoms with E-state index in [1.807, 2.05) is 0 Å². The quantitative estimate of drug-likeness (QED) is 0.195. The Kier molecular flexibility index (Phi) is 6.68. The molecule has 0 saturated heterocycles. The van der Waals surface area contributed by atoms with Crippen LogP contribution in [0.15, 0.2) is 36.4 Å². The van der Waals surface area contributed by atoms with Gasteiger partial charge in [0.2, 0.25) is 13.3 Å². The molecule has 164 valence electrons. The van der Waals surface area contributed by atoms with Gasteiger partial charge in [-0.05, 0) is 42.8 Å². The van der Waals surface area contributed by atoms with Gasteiger partial charge in [-0.3, -0.25) is 19.7 Å². The summed E-state index contributed by atoms with van der Waals surface area (Å²) in [6.07, 6.45) is 0. The van der Waals surface area contributed by atoms with E-state index in [0.29, 0.717) is 17.1 Å². The lowest BCUT2D eigenvalue weighted by Crippen LogP contribution is -2.35. The molecule has 0 amide bonds. The molecule has 0 spiro atoms. The second-order valence-electron chi connectivity index (χ2n) is 6.68. The van der Waals surface area contributed by atoms with Crippen molar-refractivity contribution in [3.63, 3.8) is 0 Å². The highest BCUT2D eigenvalue weighted by molar-refractivity contribution is 6.09. The van der Waals surface area contributed by atoms with E-state index >= 15 is 0 Å². The van der Waals surface area contributed by atoms with E-state index in [-0.39, 0.29) is 24.7 Å². The van der Waals surface area contributed by atoms with E-state index in [1.165, 1.54) is 31.4 Å². The zero-order valence-corrected chi connectivity index (χ0v) is 16.8. The van der Waals surface area contributed by atoms with Crippen LogP contribution in [0, 0.1) is 21.8 Å². The van der Waals surface area contributed by atoms with Crippen LogP contribution in [-0.2, 0) is 9.53 Å². The first kappa shape index (κ1) is 22.0. The topological polar surface area (TPSA) is 114 Å². The van der Waals surface area contributed by atoms with Crippen LogP contribution in [0.25, 0.3) is 0 Å². The Morgan fingerprint density at radius 1 is 1.19 bits per heavy atom. The fourth-order valence-electron chi connectivity index (χ4n) is 3.39. The van der Waals surface area contributed by atoms with Crippen molar-refractivity contribution in [3.05, 3.63) is 63.5 Å². The molecule has 2 unspecified atom stereocenters. The number of hydrogen-bond acceptors (Lipinski definition) is 8. The van der Waals surface area contributed by atoms with Crippen molar-refractivity contribution < 1.29 is 37.9 Å². The smallest absolute Gasteiger partial charge is 0.317 e. The van der Waals surface area contributed by atoms with E-state index in [0.717, 1.165) is 6.07 Å². The average Bonchev–Trinajstić information content (AvgIpc) is 3.21. The highest BCUT2D eigenvalue weighted by Gasteiger charge is 2.41. The zero-order chi connectivity index (χ0) is 22.5. The van der Waals surface area contributed by atoms with Crippen LogP contribution in [-0.4, -0.2) is 43.7 Å². The first-order chi connectivity index (χ1) is 14.8. The summed E-state index contributed by atoms with van der Waals surface area (Å²) in [6, 6.07) is 8.02. The minimum absolute atomic E-state index is 0.00987. The van der Waals surface area contributed by atoms with Gasteiger partial charge in [-0.1, -0.05) is 6.07 Å². The third-order valence-electron chi connectivity index (χ3n) is 4.83. The summed E-state index contributed by atoms with van der Waals surface area (Å²) in [7, 11) is 1.27. The molecule has 31 heavy (non-hydrogen) atoms. The predicted octanol–water partition coefficient (Wildman–Crippen LogP) is 2.99. The molecule has 1 aliphatic heterocycles. The van der Waals surface area contributed by atoms with Crippen molar-refractivity contribution in [1.29, 1.82) is 0 Å². The fourth-order valence-corrected chi connectivity index (χ4v) is 3.39. The number of methoxy groups -OCH3 is 1. The molecule has 1 aliphatic rings. The minimum atomic E-state index is -1.57. The second-order valence-corrected chi connectivity index (χ2v) is 6.68. The van der Waals surface area contributed by atoms with Crippen LogP contribution < -0.4 is 14.2 Å². The second kappa shape index (κ2) is 9.41. The highest BCUT2D eigenvalue weighted by atomic mass is 19.1.